The number of aliphatic hydroxyl groups excluding tert-OH is 1. The number of nitrogens with one attached hydrogen (secondary N) is 2. The van der Waals surface area contributed by atoms with Gasteiger partial charge in [0.2, 0.25) is 0 Å². The number of H-pyrrole nitrogens is 1. The van der Waals surface area contributed by atoms with Gasteiger partial charge in [-0.3, -0.25) is 4.99 Å². The number of hydrogen-bond acceptors (Lipinski definition) is 6. The molecule has 0 unspecified atom stereocenters. The number of aliphatic imine (C=N–C) groups is 1. The number of aromatic amines is 1. The highest BCUT2D eigenvalue weighted by molar-refractivity contribution is 5.80. The van der Waals surface area contributed by atoms with Gasteiger partial charge in [-0.1, -0.05) is 48.1 Å². The standard InChI is InChI=1S/C43H54N6O4/c1-45-38(44)48-29-9-8-27-20-39(13-14-40(51,23-39)24-49-16-15-46-25-49)21-28(18-30-17-26-5-2-3-7-35(26)47-30)43(27)32-6-4-12-41(52)31(32)10-11-33(43)37-34(41)19-36(50)42(37,53)22-29/h2-3,5,7,15-17,21,25,27,29,31-34,36-37,47,50-53H,4,6,10-14,18-20,22-24H2,1H3,(H3,44,45,48)/t27-,29-,31-,32+,33-,34-,36-,37-,39-,40+,41-,42-,43-/m0/s1. The number of nitrogens with zero attached hydrogens (tertiary/aromatic N) is 3. The Kier molecular flexibility index (Phi) is 7.48. The molecule has 10 nitrogen and oxygen atoms in total. The predicted molar refractivity (Wildman–Crippen MR) is 202 cm³/mol. The SMILES string of the molecule is CN=C(N)N[C@H]1C#C[C@H]2C[C@]3(C=C(Cc4cc5ccccc5[nH]4)[C@]24[C@@H]2CCC[C@@]5(O)[C@H]6C[C@H](O)[C@@](O)(C1)[C@H]6[C@@H]4CC[C@@H]25)CC[C@](O)(Cn1ccnc1)C3. The summed E-state index contributed by atoms with van der Waals surface area (Å²) in [5.74, 6) is 7.49. The van der Waals surface area contributed by atoms with Gasteiger partial charge >= 0.3 is 0 Å². The van der Waals surface area contributed by atoms with Crippen LogP contribution in [0.5, 0.6) is 0 Å². The molecular weight excluding hydrogens is 665 g/mol. The maximum atomic E-state index is 13.1. The molecule has 2 spiro atoms. The van der Waals surface area contributed by atoms with E-state index in [1.807, 2.05) is 10.8 Å². The fourth-order valence-corrected chi connectivity index (χ4v) is 14.3. The van der Waals surface area contributed by atoms with Gasteiger partial charge in [-0.15, -0.1) is 0 Å². The molecule has 6 bridgehead atoms. The van der Waals surface area contributed by atoms with Crippen molar-refractivity contribution in [3.8, 4) is 11.8 Å². The minimum atomic E-state index is -1.46. The van der Waals surface area contributed by atoms with Gasteiger partial charge in [0.25, 0.3) is 0 Å². The van der Waals surface area contributed by atoms with Crippen molar-refractivity contribution in [3.05, 3.63) is 66.4 Å². The third-order valence-corrected chi connectivity index (χ3v) is 15.9. The Morgan fingerprint density at radius 1 is 1.04 bits per heavy atom. The maximum absolute atomic E-state index is 13.1. The predicted octanol–water partition coefficient (Wildman–Crippen LogP) is 4.05. The number of benzene rings is 1. The Hall–Kier alpha value is -3.62. The lowest BCUT2D eigenvalue weighted by Crippen LogP contribution is -2.60. The summed E-state index contributed by atoms with van der Waals surface area (Å²) in [6, 6.07) is 10.2. The number of imidazole rings is 1. The Bertz CT molecular complexity index is 2020. The lowest BCUT2D eigenvalue weighted by Gasteiger charge is -2.63. The molecule has 8 N–H and O–H groups in total. The topological polar surface area (TPSA) is 165 Å². The molecule has 7 aliphatic carbocycles. The van der Waals surface area contributed by atoms with Crippen LogP contribution in [0.2, 0.25) is 0 Å². The second kappa shape index (κ2) is 11.7. The van der Waals surface area contributed by atoms with Gasteiger partial charge < -0.3 is 41.0 Å². The molecule has 2 aromatic heterocycles. The zero-order valence-electron chi connectivity index (χ0n) is 30.7. The minimum Gasteiger partial charge on any atom is -0.390 e. The van der Waals surface area contributed by atoms with Crippen LogP contribution < -0.4 is 11.1 Å². The number of aromatic nitrogens is 3. The van der Waals surface area contributed by atoms with Crippen molar-refractivity contribution in [2.75, 3.05) is 7.05 Å². The lowest BCUT2D eigenvalue weighted by atomic mass is 9.41. The second-order valence-electron chi connectivity index (χ2n) is 18.4. The molecule has 53 heavy (non-hydrogen) atoms. The minimum absolute atomic E-state index is 0.0254. The molecule has 10 heteroatoms. The molecule has 0 saturated heterocycles. The zero-order chi connectivity index (χ0) is 36.4. The van der Waals surface area contributed by atoms with Crippen molar-refractivity contribution in [3.63, 3.8) is 0 Å². The summed E-state index contributed by atoms with van der Waals surface area (Å²) in [6.07, 6.45) is 15.9. The first-order chi connectivity index (χ1) is 25.5. The van der Waals surface area contributed by atoms with Gasteiger partial charge in [-0.05, 0) is 110 Å². The molecule has 0 radical (unpaired) electrons. The number of rotatable bonds is 5. The number of para-hydroxylation sites is 1. The normalized spacial score (nSPS) is 45.5. The molecule has 1 aromatic carbocycles. The van der Waals surface area contributed by atoms with Crippen molar-refractivity contribution < 1.29 is 20.4 Å². The van der Waals surface area contributed by atoms with Gasteiger partial charge in [0.1, 0.15) is 0 Å². The third kappa shape index (κ3) is 4.86. The van der Waals surface area contributed by atoms with Crippen LogP contribution in [0.4, 0.5) is 0 Å². The number of guanidine groups is 1. The van der Waals surface area contributed by atoms with Crippen LogP contribution in [0.1, 0.15) is 76.3 Å². The van der Waals surface area contributed by atoms with Crippen LogP contribution in [-0.4, -0.2) is 76.9 Å². The molecule has 3 aromatic rings. The Morgan fingerprint density at radius 3 is 2.70 bits per heavy atom. The number of aliphatic hydroxyl groups is 4. The van der Waals surface area contributed by atoms with E-state index in [0.29, 0.717) is 38.6 Å². The van der Waals surface area contributed by atoms with E-state index in [1.165, 1.54) is 11.0 Å². The van der Waals surface area contributed by atoms with Crippen LogP contribution in [-0.2, 0) is 13.0 Å². The van der Waals surface area contributed by atoms with Crippen LogP contribution in [0, 0.1) is 58.2 Å². The van der Waals surface area contributed by atoms with Crippen molar-refractivity contribution in [1.82, 2.24) is 19.9 Å². The van der Waals surface area contributed by atoms with Crippen LogP contribution >= 0.6 is 0 Å². The van der Waals surface area contributed by atoms with E-state index in [-0.39, 0.29) is 53.3 Å². The highest BCUT2D eigenvalue weighted by Gasteiger charge is 2.75. The quantitative estimate of drug-likeness (QED) is 0.0906. The van der Waals surface area contributed by atoms with E-state index in [2.05, 4.69) is 68.5 Å². The van der Waals surface area contributed by atoms with Crippen molar-refractivity contribution in [2.45, 2.75) is 113 Å². The molecular formula is C43H54N6O4. The number of nitrogens with two attached hydrogens (primary N) is 1. The number of hydrogen-bond donors (Lipinski definition) is 7. The van der Waals surface area contributed by atoms with E-state index < -0.39 is 34.4 Å². The number of fused-ring (bicyclic) bond motifs is 2. The second-order valence-corrected chi connectivity index (χ2v) is 18.4. The van der Waals surface area contributed by atoms with Crippen LogP contribution in [0.25, 0.3) is 10.9 Å². The summed E-state index contributed by atoms with van der Waals surface area (Å²) in [4.78, 5) is 12.2. The average Bonchev–Trinajstić information content (AvgIpc) is 3.90. The van der Waals surface area contributed by atoms with Crippen molar-refractivity contribution >= 4 is 16.9 Å². The van der Waals surface area contributed by atoms with Crippen LogP contribution in [0.15, 0.2) is 65.7 Å². The Morgan fingerprint density at radius 2 is 1.89 bits per heavy atom. The molecule has 2 heterocycles. The van der Waals surface area contributed by atoms with E-state index in [0.717, 1.165) is 49.7 Å². The molecule has 280 valence electrons. The molecule has 7 aliphatic rings. The summed E-state index contributed by atoms with van der Waals surface area (Å²) in [7, 11) is 1.64. The van der Waals surface area contributed by atoms with E-state index in [9.17, 15) is 20.4 Å². The molecule has 0 aliphatic heterocycles. The number of allylic oxidation sites excluding steroid dienone is 2. The molecule has 5 saturated carbocycles. The third-order valence-electron chi connectivity index (χ3n) is 15.9. The first-order valence-corrected chi connectivity index (χ1v) is 20.1. The first kappa shape index (κ1) is 33.9. The monoisotopic (exact) mass is 718 g/mol. The molecule has 0 amide bonds. The van der Waals surface area contributed by atoms with Gasteiger partial charge in [0.05, 0.1) is 41.8 Å². The molecule has 10 rings (SSSR count). The van der Waals surface area contributed by atoms with Gasteiger partial charge in [-0.25, -0.2) is 4.98 Å². The van der Waals surface area contributed by atoms with Gasteiger partial charge in [0.15, 0.2) is 5.96 Å². The summed E-state index contributed by atoms with van der Waals surface area (Å²) < 4.78 is 1.99. The zero-order valence-corrected chi connectivity index (χ0v) is 30.7. The Labute approximate surface area is 311 Å². The smallest absolute Gasteiger partial charge is 0.189 e. The molecule has 13 atom stereocenters. The Balaban J connectivity index is 1.20. The van der Waals surface area contributed by atoms with Crippen molar-refractivity contribution in [1.29, 1.82) is 0 Å². The largest absolute Gasteiger partial charge is 0.390 e. The van der Waals surface area contributed by atoms with Gasteiger partial charge in [-0.2, -0.15) is 0 Å². The summed E-state index contributed by atoms with van der Waals surface area (Å²) >= 11 is 0. The summed E-state index contributed by atoms with van der Waals surface area (Å²) in [5.41, 5.74) is 5.91. The van der Waals surface area contributed by atoms with E-state index in [1.54, 1.807) is 19.6 Å². The van der Waals surface area contributed by atoms with Gasteiger partial charge in [0, 0.05) is 54.8 Å². The van der Waals surface area contributed by atoms with Crippen LogP contribution in [0.3, 0.4) is 0 Å². The highest BCUT2D eigenvalue weighted by Crippen LogP contribution is 2.76. The fraction of sp³-hybridized carbons (Fsp3) is 0.628. The highest BCUT2D eigenvalue weighted by atomic mass is 16.3. The summed E-state index contributed by atoms with van der Waals surface area (Å²) in [6.45, 7) is 0.498. The van der Waals surface area contributed by atoms with E-state index in [4.69, 9.17) is 5.73 Å². The van der Waals surface area contributed by atoms with E-state index >= 15 is 0 Å². The fourth-order valence-electron chi connectivity index (χ4n) is 14.3. The summed E-state index contributed by atoms with van der Waals surface area (Å²) in [5, 5.41) is 55.0. The maximum Gasteiger partial charge on any atom is 0.189 e. The molecule has 5 fully saturated rings. The first-order valence-electron chi connectivity index (χ1n) is 20.1. The lowest BCUT2D eigenvalue weighted by molar-refractivity contribution is -0.150. The average molecular weight is 719 g/mol. The van der Waals surface area contributed by atoms with Crippen molar-refractivity contribution in [2.24, 2.45) is 57.1 Å².